The van der Waals surface area contributed by atoms with Gasteiger partial charge in [0.25, 0.3) is 0 Å². The van der Waals surface area contributed by atoms with Gasteiger partial charge in [-0.25, -0.2) is 4.98 Å². The van der Waals surface area contributed by atoms with E-state index in [1.807, 2.05) is 42.4 Å². The summed E-state index contributed by atoms with van der Waals surface area (Å²) < 4.78 is 12.8. The smallest absolute Gasteiger partial charge is 0.226 e. The fourth-order valence-electron chi connectivity index (χ4n) is 3.52. The Balaban J connectivity index is 1.53. The Bertz CT molecular complexity index is 749. The molecule has 1 fully saturated rings. The molecule has 140 valence electrons. The lowest BCUT2D eigenvalue weighted by molar-refractivity contribution is -0.131. The highest BCUT2D eigenvalue weighted by Gasteiger charge is 2.23. The summed E-state index contributed by atoms with van der Waals surface area (Å²) in [5.74, 6) is 3.17. The first-order valence-corrected chi connectivity index (χ1v) is 9.07. The standard InChI is InChI=1S/C20H27N3O3/c1-15-21-8-11-23(15)14-16-6-9-22(10-7-16)20(24)13-17-4-5-18(25-2)19(12-17)26-3/h4-5,8,11-12,16H,6-7,9-10,13-14H2,1-3H3. The average molecular weight is 357 g/mol. The van der Waals surface area contributed by atoms with Gasteiger partial charge in [-0.1, -0.05) is 6.07 Å². The molecule has 0 unspecified atom stereocenters. The molecule has 2 aromatic rings. The summed E-state index contributed by atoms with van der Waals surface area (Å²) >= 11 is 0. The lowest BCUT2D eigenvalue weighted by atomic mass is 9.96. The molecule has 6 nitrogen and oxygen atoms in total. The zero-order valence-electron chi connectivity index (χ0n) is 15.8. The van der Waals surface area contributed by atoms with Gasteiger partial charge in [0.1, 0.15) is 5.82 Å². The van der Waals surface area contributed by atoms with Crippen LogP contribution in [0.2, 0.25) is 0 Å². The zero-order valence-corrected chi connectivity index (χ0v) is 15.8. The highest BCUT2D eigenvalue weighted by Crippen LogP contribution is 2.28. The summed E-state index contributed by atoms with van der Waals surface area (Å²) in [6, 6.07) is 5.65. The maximum atomic E-state index is 12.6. The fraction of sp³-hybridized carbons (Fsp3) is 0.500. The Morgan fingerprint density at radius 3 is 2.54 bits per heavy atom. The number of benzene rings is 1. The quantitative estimate of drug-likeness (QED) is 0.798. The maximum Gasteiger partial charge on any atom is 0.226 e. The van der Waals surface area contributed by atoms with Crippen molar-refractivity contribution in [1.82, 2.24) is 14.5 Å². The van der Waals surface area contributed by atoms with Crippen LogP contribution < -0.4 is 9.47 Å². The number of hydrogen-bond acceptors (Lipinski definition) is 4. The number of carbonyl (C=O) groups excluding carboxylic acids is 1. The number of carbonyl (C=O) groups is 1. The first-order valence-electron chi connectivity index (χ1n) is 9.07. The number of hydrogen-bond donors (Lipinski definition) is 0. The summed E-state index contributed by atoms with van der Waals surface area (Å²) in [6.07, 6.45) is 6.34. The van der Waals surface area contributed by atoms with Gasteiger partial charge in [-0.15, -0.1) is 0 Å². The molecule has 0 atom stereocenters. The SMILES string of the molecule is COc1ccc(CC(=O)N2CCC(Cn3ccnc3C)CC2)cc1OC. The lowest BCUT2D eigenvalue weighted by Crippen LogP contribution is -2.40. The Morgan fingerprint density at radius 2 is 1.92 bits per heavy atom. The number of aromatic nitrogens is 2. The molecular weight excluding hydrogens is 330 g/mol. The zero-order chi connectivity index (χ0) is 18.5. The molecule has 1 saturated heterocycles. The molecular formula is C20H27N3O3. The second kappa shape index (κ2) is 8.25. The van der Waals surface area contributed by atoms with E-state index in [4.69, 9.17) is 9.47 Å². The normalized spacial score (nSPS) is 15.1. The number of likely N-dealkylation sites (tertiary alicyclic amines) is 1. The van der Waals surface area contributed by atoms with E-state index < -0.39 is 0 Å². The van der Waals surface area contributed by atoms with E-state index >= 15 is 0 Å². The third kappa shape index (κ3) is 4.18. The third-order valence-corrected chi connectivity index (χ3v) is 5.15. The van der Waals surface area contributed by atoms with Crippen molar-refractivity contribution < 1.29 is 14.3 Å². The molecule has 1 aliphatic rings. The van der Waals surface area contributed by atoms with Crippen molar-refractivity contribution in [3.63, 3.8) is 0 Å². The summed E-state index contributed by atoms with van der Waals surface area (Å²) in [7, 11) is 3.22. The summed E-state index contributed by atoms with van der Waals surface area (Å²) in [6.45, 7) is 4.67. The molecule has 0 bridgehead atoms. The van der Waals surface area contributed by atoms with E-state index in [1.54, 1.807) is 14.2 Å². The number of amides is 1. The van der Waals surface area contributed by atoms with Gasteiger partial charge in [-0.3, -0.25) is 4.79 Å². The van der Waals surface area contributed by atoms with Gasteiger partial charge in [-0.05, 0) is 43.4 Å². The van der Waals surface area contributed by atoms with Crippen LogP contribution in [-0.2, 0) is 17.8 Å². The van der Waals surface area contributed by atoms with Crippen molar-refractivity contribution in [2.75, 3.05) is 27.3 Å². The molecule has 1 aliphatic heterocycles. The van der Waals surface area contributed by atoms with Crippen LogP contribution in [0.4, 0.5) is 0 Å². The molecule has 0 radical (unpaired) electrons. The van der Waals surface area contributed by atoms with Crippen molar-refractivity contribution in [3.05, 3.63) is 42.0 Å². The number of aryl methyl sites for hydroxylation is 1. The van der Waals surface area contributed by atoms with E-state index in [2.05, 4.69) is 9.55 Å². The molecule has 6 heteroatoms. The number of ether oxygens (including phenoxy) is 2. The predicted molar refractivity (Wildman–Crippen MR) is 99.5 cm³/mol. The number of piperidine rings is 1. The van der Waals surface area contributed by atoms with E-state index in [0.717, 1.165) is 43.9 Å². The van der Waals surface area contributed by atoms with Gasteiger partial charge in [0.2, 0.25) is 5.91 Å². The lowest BCUT2D eigenvalue weighted by Gasteiger charge is -2.32. The molecule has 26 heavy (non-hydrogen) atoms. The minimum atomic E-state index is 0.175. The van der Waals surface area contributed by atoms with Gasteiger partial charge >= 0.3 is 0 Å². The van der Waals surface area contributed by atoms with Crippen LogP contribution in [0.15, 0.2) is 30.6 Å². The molecule has 0 N–H and O–H groups in total. The molecule has 1 aromatic carbocycles. The van der Waals surface area contributed by atoms with Crippen molar-refractivity contribution in [3.8, 4) is 11.5 Å². The number of imidazole rings is 1. The third-order valence-electron chi connectivity index (χ3n) is 5.15. The summed E-state index contributed by atoms with van der Waals surface area (Å²) in [5, 5.41) is 0. The van der Waals surface area contributed by atoms with Gasteiger partial charge < -0.3 is 18.9 Å². The average Bonchev–Trinajstić information content (AvgIpc) is 3.06. The van der Waals surface area contributed by atoms with E-state index in [9.17, 15) is 4.79 Å². The Hall–Kier alpha value is -2.50. The highest BCUT2D eigenvalue weighted by molar-refractivity contribution is 5.79. The van der Waals surface area contributed by atoms with Gasteiger partial charge in [-0.2, -0.15) is 0 Å². The van der Waals surface area contributed by atoms with Crippen molar-refractivity contribution in [2.45, 2.75) is 32.7 Å². The van der Waals surface area contributed by atoms with Crippen molar-refractivity contribution in [2.24, 2.45) is 5.92 Å². The van der Waals surface area contributed by atoms with Crippen LogP contribution in [0.25, 0.3) is 0 Å². The molecule has 3 rings (SSSR count). The molecule has 1 aromatic heterocycles. The topological polar surface area (TPSA) is 56.6 Å². The van der Waals surface area contributed by atoms with E-state index in [1.165, 1.54) is 0 Å². The van der Waals surface area contributed by atoms with Gasteiger partial charge in [0, 0.05) is 32.0 Å². The first-order chi connectivity index (χ1) is 12.6. The largest absolute Gasteiger partial charge is 0.493 e. The van der Waals surface area contributed by atoms with Crippen LogP contribution in [0, 0.1) is 12.8 Å². The number of methoxy groups -OCH3 is 2. The molecule has 0 aliphatic carbocycles. The summed E-state index contributed by atoms with van der Waals surface area (Å²) in [4.78, 5) is 18.9. The fourth-order valence-corrected chi connectivity index (χ4v) is 3.52. The molecule has 0 spiro atoms. The number of nitrogens with zero attached hydrogens (tertiary/aromatic N) is 3. The molecule has 1 amide bonds. The van der Waals surface area contributed by atoms with Crippen LogP contribution in [0.1, 0.15) is 24.2 Å². The monoisotopic (exact) mass is 357 g/mol. The van der Waals surface area contributed by atoms with Crippen LogP contribution in [0.5, 0.6) is 11.5 Å². The van der Waals surface area contributed by atoms with Crippen LogP contribution >= 0.6 is 0 Å². The Labute approximate surface area is 154 Å². The second-order valence-corrected chi connectivity index (χ2v) is 6.82. The molecule has 0 saturated carbocycles. The van der Waals surface area contributed by atoms with Crippen LogP contribution in [0.3, 0.4) is 0 Å². The van der Waals surface area contributed by atoms with E-state index in [-0.39, 0.29) is 5.91 Å². The predicted octanol–water partition coefficient (Wildman–Crippen LogP) is 2.69. The Morgan fingerprint density at radius 1 is 1.19 bits per heavy atom. The van der Waals surface area contributed by atoms with Gasteiger partial charge in [0.15, 0.2) is 11.5 Å². The number of rotatable bonds is 6. The minimum Gasteiger partial charge on any atom is -0.493 e. The second-order valence-electron chi connectivity index (χ2n) is 6.82. The Kier molecular flexibility index (Phi) is 5.81. The van der Waals surface area contributed by atoms with Crippen LogP contribution in [-0.4, -0.2) is 47.7 Å². The summed E-state index contributed by atoms with van der Waals surface area (Å²) in [5.41, 5.74) is 0.948. The van der Waals surface area contributed by atoms with Gasteiger partial charge in [0.05, 0.1) is 20.6 Å². The molecule has 2 heterocycles. The van der Waals surface area contributed by atoms with E-state index in [0.29, 0.717) is 23.8 Å². The van der Waals surface area contributed by atoms with Crippen molar-refractivity contribution >= 4 is 5.91 Å². The maximum absolute atomic E-state index is 12.6. The highest BCUT2D eigenvalue weighted by atomic mass is 16.5. The first kappa shape index (κ1) is 18.3. The minimum absolute atomic E-state index is 0.175. The van der Waals surface area contributed by atoms with Crippen molar-refractivity contribution in [1.29, 1.82) is 0 Å².